The largest absolute Gasteiger partial charge is 0.308 e. The number of amides is 1. The summed E-state index contributed by atoms with van der Waals surface area (Å²) in [7, 11) is 6.13. The molecule has 1 aromatic carbocycles. The monoisotopic (exact) mass is 250 g/mol. The molecule has 5 nitrogen and oxygen atoms in total. The van der Waals surface area contributed by atoms with E-state index in [0.717, 1.165) is 25.2 Å². The number of hydrazine groups is 1. The number of hydrogen-bond donors (Lipinski definition) is 2. The van der Waals surface area contributed by atoms with Gasteiger partial charge < -0.3 is 9.80 Å². The molecule has 0 aliphatic heterocycles. The van der Waals surface area contributed by atoms with E-state index < -0.39 is 0 Å². The molecule has 0 heterocycles. The van der Waals surface area contributed by atoms with Gasteiger partial charge in [-0.1, -0.05) is 18.2 Å². The van der Waals surface area contributed by atoms with E-state index >= 15 is 0 Å². The van der Waals surface area contributed by atoms with Gasteiger partial charge in [0, 0.05) is 25.2 Å². The van der Waals surface area contributed by atoms with Crippen molar-refractivity contribution in [1.29, 1.82) is 0 Å². The predicted molar refractivity (Wildman–Crippen MR) is 73.0 cm³/mol. The van der Waals surface area contributed by atoms with Gasteiger partial charge in [0.05, 0.1) is 0 Å². The average Bonchev–Trinajstić information content (AvgIpc) is 2.36. The molecule has 18 heavy (non-hydrogen) atoms. The second kappa shape index (κ2) is 7.10. The Morgan fingerprint density at radius 2 is 1.89 bits per heavy atom. The third-order valence-corrected chi connectivity index (χ3v) is 2.76. The summed E-state index contributed by atoms with van der Waals surface area (Å²) in [5, 5.41) is 0. The van der Waals surface area contributed by atoms with Crippen LogP contribution in [0.4, 0.5) is 0 Å². The lowest BCUT2D eigenvalue weighted by molar-refractivity contribution is 0.0951. The molecule has 0 aliphatic rings. The fourth-order valence-corrected chi connectivity index (χ4v) is 1.70. The molecule has 1 rings (SSSR count). The zero-order valence-corrected chi connectivity index (χ0v) is 11.3. The molecule has 1 aromatic rings. The van der Waals surface area contributed by atoms with Gasteiger partial charge in [-0.05, 0) is 32.8 Å². The van der Waals surface area contributed by atoms with Gasteiger partial charge in [-0.3, -0.25) is 10.2 Å². The number of carbonyl (C=O) groups is 1. The Bertz CT molecular complexity index is 392. The van der Waals surface area contributed by atoms with Crippen LogP contribution < -0.4 is 11.3 Å². The smallest absolute Gasteiger partial charge is 0.265 e. The second-order valence-corrected chi connectivity index (χ2v) is 4.67. The van der Waals surface area contributed by atoms with Crippen molar-refractivity contribution < 1.29 is 4.79 Å². The lowest BCUT2D eigenvalue weighted by Gasteiger charge is -2.20. The first-order chi connectivity index (χ1) is 8.54. The maximum atomic E-state index is 11.6. The zero-order chi connectivity index (χ0) is 13.5. The molecule has 0 aromatic heterocycles. The molecule has 0 saturated carbocycles. The molecule has 5 heteroatoms. The summed E-state index contributed by atoms with van der Waals surface area (Å²) in [6, 6.07) is 7.52. The first-order valence-electron chi connectivity index (χ1n) is 5.96. The molecule has 0 fully saturated rings. The van der Waals surface area contributed by atoms with Crippen LogP contribution in [0.15, 0.2) is 24.3 Å². The highest BCUT2D eigenvalue weighted by Crippen LogP contribution is 2.10. The van der Waals surface area contributed by atoms with Crippen molar-refractivity contribution >= 4 is 5.91 Å². The standard InChI is InChI=1S/C13H22N4O/c1-16(2)8-9-17(3)10-11-6-4-5-7-12(11)13(18)15-14/h4-7H,8-10,14H2,1-3H3,(H,15,18). The van der Waals surface area contributed by atoms with Crippen molar-refractivity contribution in [2.45, 2.75) is 6.54 Å². The van der Waals surface area contributed by atoms with Crippen LogP contribution in [0.1, 0.15) is 15.9 Å². The van der Waals surface area contributed by atoms with Crippen LogP contribution in [0.2, 0.25) is 0 Å². The van der Waals surface area contributed by atoms with E-state index in [-0.39, 0.29) is 5.91 Å². The third-order valence-electron chi connectivity index (χ3n) is 2.76. The first kappa shape index (κ1) is 14.6. The minimum atomic E-state index is -0.244. The van der Waals surface area contributed by atoms with Gasteiger partial charge in [-0.25, -0.2) is 5.84 Å². The summed E-state index contributed by atoms with van der Waals surface area (Å²) >= 11 is 0. The van der Waals surface area contributed by atoms with E-state index in [1.54, 1.807) is 6.07 Å². The Balaban J connectivity index is 2.69. The van der Waals surface area contributed by atoms with Crippen LogP contribution in [0.25, 0.3) is 0 Å². The van der Waals surface area contributed by atoms with Gasteiger partial charge in [0.15, 0.2) is 0 Å². The molecule has 0 bridgehead atoms. The molecule has 0 saturated heterocycles. The van der Waals surface area contributed by atoms with Crippen LogP contribution >= 0.6 is 0 Å². The highest BCUT2D eigenvalue weighted by atomic mass is 16.2. The van der Waals surface area contributed by atoms with Crippen molar-refractivity contribution in [2.24, 2.45) is 5.84 Å². The molecule has 0 unspecified atom stereocenters. The van der Waals surface area contributed by atoms with Crippen LogP contribution in [0, 0.1) is 0 Å². The van der Waals surface area contributed by atoms with Crippen LogP contribution in [-0.4, -0.2) is 49.9 Å². The van der Waals surface area contributed by atoms with Gasteiger partial charge in [0.1, 0.15) is 0 Å². The van der Waals surface area contributed by atoms with Gasteiger partial charge >= 0.3 is 0 Å². The van der Waals surface area contributed by atoms with Crippen molar-refractivity contribution in [3.8, 4) is 0 Å². The average molecular weight is 250 g/mol. The quantitative estimate of drug-likeness (QED) is 0.432. The fraction of sp³-hybridized carbons (Fsp3) is 0.462. The Kier molecular flexibility index (Phi) is 5.77. The van der Waals surface area contributed by atoms with Crippen molar-refractivity contribution in [1.82, 2.24) is 15.2 Å². The minimum absolute atomic E-state index is 0.244. The number of benzene rings is 1. The lowest BCUT2D eigenvalue weighted by atomic mass is 10.1. The summed E-state index contributed by atoms with van der Waals surface area (Å²) in [6.07, 6.45) is 0. The summed E-state index contributed by atoms with van der Waals surface area (Å²) in [5.74, 6) is 4.94. The Morgan fingerprint density at radius 1 is 1.22 bits per heavy atom. The van der Waals surface area contributed by atoms with Crippen molar-refractivity contribution in [3.05, 3.63) is 35.4 Å². The van der Waals surface area contributed by atoms with E-state index in [1.807, 2.05) is 39.3 Å². The van der Waals surface area contributed by atoms with E-state index in [1.165, 1.54) is 0 Å². The summed E-state index contributed by atoms with van der Waals surface area (Å²) < 4.78 is 0. The predicted octanol–water partition coefficient (Wildman–Crippen LogP) is 0.284. The summed E-state index contributed by atoms with van der Waals surface area (Å²) in [5.41, 5.74) is 3.80. The molecule has 1 amide bonds. The van der Waals surface area contributed by atoms with Crippen LogP contribution in [0.3, 0.4) is 0 Å². The molecule has 0 aliphatic carbocycles. The number of rotatable bonds is 6. The first-order valence-corrected chi connectivity index (χ1v) is 5.96. The molecule has 0 spiro atoms. The normalized spacial score (nSPS) is 11.0. The van der Waals surface area contributed by atoms with Gasteiger partial charge in [-0.2, -0.15) is 0 Å². The zero-order valence-electron chi connectivity index (χ0n) is 11.3. The third kappa shape index (κ3) is 4.44. The van der Waals surface area contributed by atoms with Gasteiger partial charge in [0.2, 0.25) is 0 Å². The molecular weight excluding hydrogens is 228 g/mol. The number of nitrogens with zero attached hydrogens (tertiary/aromatic N) is 2. The number of carbonyl (C=O) groups excluding carboxylic acids is 1. The minimum Gasteiger partial charge on any atom is -0.308 e. The maximum Gasteiger partial charge on any atom is 0.265 e. The highest BCUT2D eigenvalue weighted by molar-refractivity contribution is 5.95. The number of nitrogens with one attached hydrogen (secondary N) is 1. The van der Waals surface area contributed by atoms with Gasteiger partial charge in [-0.15, -0.1) is 0 Å². The maximum absolute atomic E-state index is 11.6. The van der Waals surface area contributed by atoms with Crippen LogP contribution in [-0.2, 0) is 6.54 Å². The summed E-state index contributed by atoms with van der Waals surface area (Å²) in [6.45, 7) is 2.67. The Hall–Kier alpha value is -1.43. The topological polar surface area (TPSA) is 61.6 Å². The molecular formula is C13H22N4O. The van der Waals surface area contributed by atoms with E-state index in [2.05, 4.69) is 15.2 Å². The number of hydrogen-bond acceptors (Lipinski definition) is 4. The molecule has 100 valence electrons. The number of nitrogen functional groups attached to an aromatic ring is 1. The highest BCUT2D eigenvalue weighted by Gasteiger charge is 2.10. The Morgan fingerprint density at radius 3 is 2.50 bits per heavy atom. The van der Waals surface area contributed by atoms with E-state index in [9.17, 15) is 4.79 Å². The van der Waals surface area contributed by atoms with Crippen molar-refractivity contribution in [3.63, 3.8) is 0 Å². The van der Waals surface area contributed by atoms with Crippen molar-refractivity contribution in [2.75, 3.05) is 34.2 Å². The van der Waals surface area contributed by atoms with Crippen LogP contribution in [0.5, 0.6) is 0 Å². The molecule has 0 atom stereocenters. The fourth-order valence-electron chi connectivity index (χ4n) is 1.70. The number of likely N-dealkylation sites (N-methyl/N-ethyl adjacent to an activating group) is 2. The van der Waals surface area contributed by atoms with E-state index in [4.69, 9.17) is 5.84 Å². The Labute approximate surface area is 109 Å². The SMILES string of the molecule is CN(C)CCN(C)Cc1ccccc1C(=O)NN. The molecule has 3 N–H and O–H groups in total. The lowest BCUT2D eigenvalue weighted by Crippen LogP contribution is -2.32. The van der Waals surface area contributed by atoms with E-state index in [0.29, 0.717) is 5.56 Å². The number of nitrogens with two attached hydrogens (primary N) is 1. The van der Waals surface area contributed by atoms with Gasteiger partial charge in [0.25, 0.3) is 5.91 Å². The summed E-state index contributed by atoms with van der Waals surface area (Å²) in [4.78, 5) is 15.9. The second-order valence-electron chi connectivity index (χ2n) is 4.67. The molecule has 0 radical (unpaired) electrons.